The van der Waals surface area contributed by atoms with Gasteiger partial charge in [-0.15, -0.1) is 0 Å². The van der Waals surface area contributed by atoms with Gasteiger partial charge in [0.15, 0.2) is 5.79 Å². The van der Waals surface area contributed by atoms with Gasteiger partial charge in [-0.1, -0.05) is 38.1 Å². The average Bonchev–Trinajstić information content (AvgIpc) is 3.40. The molecule has 2 saturated carbocycles. The minimum absolute atomic E-state index is 0.104. The molecule has 2 aromatic rings. The van der Waals surface area contributed by atoms with Gasteiger partial charge in [0.25, 0.3) is 0 Å². The Kier molecular flexibility index (Phi) is 4.74. The Balaban J connectivity index is 1.25. The third kappa shape index (κ3) is 2.85. The zero-order valence-corrected chi connectivity index (χ0v) is 19.0. The van der Waals surface area contributed by atoms with Crippen molar-refractivity contribution in [2.45, 2.75) is 57.7 Å². The number of benzene rings is 2. The Morgan fingerprint density at radius 1 is 1.06 bits per heavy atom. The largest absolute Gasteiger partial charge is 0.423 e. The molecule has 0 aromatic heterocycles. The zero-order chi connectivity index (χ0) is 21.9. The van der Waals surface area contributed by atoms with Gasteiger partial charge in [-0.2, -0.15) is 0 Å². The molecule has 0 bridgehead atoms. The van der Waals surface area contributed by atoms with E-state index in [1.165, 1.54) is 30.4 Å². The minimum Gasteiger partial charge on any atom is -0.423 e. The lowest BCUT2D eigenvalue weighted by molar-refractivity contribution is -0.255. The van der Waals surface area contributed by atoms with Gasteiger partial charge in [0.2, 0.25) is 0 Å². The van der Waals surface area contributed by atoms with Crippen molar-refractivity contribution in [3.8, 4) is 5.75 Å². The highest BCUT2D eigenvalue weighted by Gasteiger charge is 2.68. The topological polar surface area (TPSA) is 44.8 Å². The molecular weight excluding hydrogens is 400 g/mol. The quantitative estimate of drug-likeness (QED) is 0.448. The number of rotatable bonds is 2. The number of aryl methyl sites for hydroxylation is 1. The molecule has 4 heteroatoms. The third-order valence-electron chi connectivity index (χ3n) is 9.08. The lowest BCUT2D eigenvalue weighted by Crippen LogP contribution is -2.53. The monoisotopic (exact) mass is 432 g/mol. The molecule has 3 fully saturated rings. The molecule has 0 N–H and O–H groups in total. The van der Waals surface area contributed by atoms with E-state index in [1.807, 2.05) is 24.3 Å². The second-order valence-electron chi connectivity index (χ2n) is 10.5. The zero-order valence-electron chi connectivity index (χ0n) is 19.0. The van der Waals surface area contributed by atoms with E-state index in [1.54, 1.807) is 12.1 Å². The smallest absolute Gasteiger partial charge is 0.343 e. The first-order chi connectivity index (χ1) is 15.5. The van der Waals surface area contributed by atoms with Crippen LogP contribution in [0.25, 0.3) is 0 Å². The summed E-state index contributed by atoms with van der Waals surface area (Å²) in [5, 5.41) is 0. The van der Waals surface area contributed by atoms with Crippen molar-refractivity contribution >= 4 is 5.97 Å². The maximum atomic E-state index is 12.5. The van der Waals surface area contributed by atoms with Gasteiger partial charge in [0.1, 0.15) is 5.75 Å². The third-order valence-corrected chi connectivity index (χ3v) is 9.08. The van der Waals surface area contributed by atoms with Crippen molar-refractivity contribution in [1.29, 1.82) is 0 Å². The van der Waals surface area contributed by atoms with Gasteiger partial charge in [0, 0.05) is 11.3 Å². The van der Waals surface area contributed by atoms with Crippen LogP contribution in [-0.2, 0) is 15.9 Å². The number of carbonyl (C=O) groups is 1. The van der Waals surface area contributed by atoms with Crippen molar-refractivity contribution < 1.29 is 19.0 Å². The second-order valence-corrected chi connectivity index (χ2v) is 10.5. The number of carbonyl (C=O) groups excluding carboxylic acids is 1. The lowest BCUT2D eigenvalue weighted by atomic mass is 9.55. The molecule has 1 spiro atoms. The van der Waals surface area contributed by atoms with Crippen LogP contribution in [0.1, 0.15) is 66.9 Å². The van der Waals surface area contributed by atoms with Crippen LogP contribution in [0, 0.1) is 23.2 Å². The van der Waals surface area contributed by atoms with E-state index in [2.05, 4.69) is 26.0 Å². The number of ether oxygens (including phenoxy) is 3. The Labute approximate surface area is 190 Å². The maximum Gasteiger partial charge on any atom is 0.343 e. The van der Waals surface area contributed by atoms with Gasteiger partial charge >= 0.3 is 5.97 Å². The average molecular weight is 433 g/mol. The van der Waals surface area contributed by atoms with Crippen molar-refractivity contribution in [2.24, 2.45) is 23.2 Å². The Hall–Kier alpha value is -2.17. The number of hydrogen-bond acceptors (Lipinski definition) is 4. The van der Waals surface area contributed by atoms with Crippen molar-refractivity contribution in [3.63, 3.8) is 0 Å². The summed E-state index contributed by atoms with van der Waals surface area (Å²) < 4.78 is 18.4. The first-order valence-electron chi connectivity index (χ1n) is 12.2. The number of esters is 1. The minimum atomic E-state index is -0.377. The van der Waals surface area contributed by atoms with Crippen molar-refractivity contribution in [2.75, 3.05) is 13.2 Å². The van der Waals surface area contributed by atoms with Crippen molar-refractivity contribution in [1.82, 2.24) is 0 Å². The molecule has 1 heterocycles. The summed E-state index contributed by atoms with van der Waals surface area (Å²) in [6.07, 6.45) is 5.75. The molecule has 4 nitrogen and oxygen atoms in total. The van der Waals surface area contributed by atoms with Crippen LogP contribution in [0.2, 0.25) is 0 Å². The molecule has 0 amide bonds. The lowest BCUT2D eigenvalue weighted by Gasteiger charge is -2.53. The van der Waals surface area contributed by atoms with Crippen LogP contribution in [0.5, 0.6) is 5.75 Å². The molecule has 2 aromatic carbocycles. The van der Waals surface area contributed by atoms with Gasteiger partial charge in [-0.3, -0.25) is 0 Å². The van der Waals surface area contributed by atoms with Crippen LogP contribution >= 0.6 is 0 Å². The highest BCUT2D eigenvalue weighted by atomic mass is 16.7. The summed E-state index contributed by atoms with van der Waals surface area (Å²) >= 11 is 0. The first-order valence-corrected chi connectivity index (χ1v) is 12.2. The Morgan fingerprint density at radius 3 is 2.62 bits per heavy atom. The first kappa shape index (κ1) is 20.4. The highest BCUT2D eigenvalue weighted by molar-refractivity contribution is 5.91. The molecule has 1 saturated heterocycles. The Bertz CT molecular complexity index is 1020. The summed E-state index contributed by atoms with van der Waals surface area (Å²) in [5.74, 6) is 2.32. The van der Waals surface area contributed by atoms with Crippen LogP contribution in [-0.4, -0.2) is 25.0 Å². The fourth-order valence-electron chi connectivity index (χ4n) is 7.69. The van der Waals surface area contributed by atoms with E-state index >= 15 is 0 Å². The molecule has 1 aliphatic heterocycles. The molecule has 4 aliphatic rings. The SMILES string of the molecule is CC1CC2C3CCc4cc(OC(=O)c5ccccc5)ccc4C3CC[C@]2(C)C12OCCO2. The van der Waals surface area contributed by atoms with E-state index < -0.39 is 0 Å². The van der Waals surface area contributed by atoms with Gasteiger partial charge < -0.3 is 14.2 Å². The standard InChI is InChI=1S/C28H32O4/c1-18-16-25-24-10-8-20-17-21(32-26(29)19-6-4-3-5-7-19)9-11-22(20)23(24)12-13-27(25,2)28(18)30-14-15-31-28/h3-7,9,11,17-18,23-25H,8,10,12-16H2,1-2H3/t18?,23?,24?,25?,27-/m0/s1. The summed E-state index contributed by atoms with van der Waals surface area (Å²) in [6.45, 7) is 6.22. The van der Waals surface area contributed by atoms with Gasteiger partial charge in [-0.05, 0) is 85.3 Å². The van der Waals surface area contributed by atoms with E-state index in [0.29, 0.717) is 35.0 Å². The van der Waals surface area contributed by atoms with E-state index in [4.69, 9.17) is 14.2 Å². The summed E-state index contributed by atoms with van der Waals surface area (Å²) in [5.41, 5.74) is 3.50. The van der Waals surface area contributed by atoms with Gasteiger partial charge in [0.05, 0.1) is 18.8 Å². The van der Waals surface area contributed by atoms with E-state index in [-0.39, 0.29) is 17.2 Å². The molecule has 5 atom stereocenters. The molecule has 0 radical (unpaired) electrons. The van der Waals surface area contributed by atoms with Crippen LogP contribution < -0.4 is 4.74 Å². The maximum absolute atomic E-state index is 12.5. The van der Waals surface area contributed by atoms with Crippen LogP contribution in [0.15, 0.2) is 48.5 Å². The summed E-state index contributed by atoms with van der Waals surface area (Å²) in [7, 11) is 0. The molecule has 3 aliphatic carbocycles. The second kappa shape index (κ2) is 7.43. The predicted molar refractivity (Wildman–Crippen MR) is 122 cm³/mol. The molecule has 6 rings (SSSR count). The fourth-order valence-corrected chi connectivity index (χ4v) is 7.69. The molecular formula is C28H32O4. The van der Waals surface area contributed by atoms with E-state index in [0.717, 1.165) is 26.1 Å². The molecule has 4 unspecified atom stereocenters. The van der Waals surface area contributed by atoms with E-state index in [9.17, 15) is 4.79 Å². The Morgan fingerprint density at radius 2 is 1.84 bits per heavy atom. The van der Waals surface area contributed by atoms with Crippen molar-refractivity contribution in [3.05, 3.63) is 65.2 Å². The molecule has 168 valence electrons. The van der Waals surface area contributed by atoms with Gasteiger partial charge in [-0.25, -0.2) is 4.79 Å². The highest BCUT2D eigenvalue weighted by Crippen LogP contribution is 2.67. The fraction of sp³-hybridized carbons (Fsp3) is 0.536. The predicted octanol–water partition coefficient (Wildman–Crippen LogP) is 5.75. The van der Waals surface area contributed by atoms with Crippen LogP contribution in [0.3, 0.4) is 0 Å². The number of fused-ring (bicyclic) bond motifs is 6. The van der Waals surface area contributed by atoms with Crippen LogP contribution in [0.4, 0.5) is 0 Å². The number of hydrogen-bond donors (Lipinski definition) is 0. The normalized spacial score (nSPS) is 34.6. The summed E-state index contributed by atoms with van der Waals surface area (Å²) in [4.78, 5) is 12.5. The molecule has 32 heavy (non-hydrogen) atoms. The summed E-state index contributed by atoms with van der Waals surface area (Å²) in [6, 6.07) is 15.5.